The van der Waals surface area contributed by atoms with Gasteiger partial charge in [0.2, 0.25) is 5.75 Å². The van der Waals surface area contributed by atoms with Crippen molar-refractivity contribution >= 4 is 23.6 Å². The van der Waals surface area contributed by atoms with Crippen LogP contribution in [-0.2, 0) is 9.53 Å². The Balaban J connectivity index is 2.66. The third-order valence-electron chi connectivity index (χ3n) is 3.09. The molecule has 0 unspecified atom stereocenters. The molecule has 0 bridgehead atoms. The summed E-state index contributed by atoms with van der Waals surface area (Å²) in [6, 6.07) is 3.63. The predicted molar refractivity (Wildman–Crippen MR) is 95.2 cm³/mol. The fourth-order valence-electron chi connectivity index (χ4n) is 1.92. The molecule has 0 saturated heterocycles. The van der Waals surface area contributed by atoms with Crippen LogP contribution in [0.5, 0.6) is 17.2 Å². The molecule has 6 heteroatoms. The summed E-state index contributed by atoms with van der Waals surface area (Å²) >= 11 is 5.55. The molecule has 0 heterocycles. The van der Waals surface area contributed by atoms with E-state index in [9.17, 15) is 4.79 Å². The van der Waals surface area contributed by atoms with Crippen LogP contribution in [0.15, 0.2) is 30.4 Å². The molecule has 0 saturated carbocycles. The Kier molecular flexibility index (Phi) is 9.46. The van der Waals surface area contributed by atoms with Gasteiger partial charge in [-0.25, -0.2) is 4.79 Å². The molecule has 1 aromatic carbocycles. The Hall–Kier alpha value is -2.14. The summed E-state index contributed by atoms with van der Waals surface area (Å²) in [4.78, 5) is 11.5. The van der Waals surface area contributed by atoms with Gasteiger partial charge in [0.1, 0.15) is 0 Å². The van der Waals surface area contributed by atoms with Crippen molar-refractivity contribution in [1.82, 2.24) is 0 Å². The van der Waals surface area contributed by atoms with E-state index in [1.807, 2.05) is 18.2 Å². The van der Waals surface area contributed by atoms with Gasteiger partial charge in [0.15, 0.2) is 11.5 Å². The van der Waals surface area contributed by atoms with Crippen LogP contribution in [0.3, 0.4) is 0 Å². The number of allylic oxidation sites excluding steroid dienone is 2. The molecule has 0 amide bonds. The van der Waals surface area contributed by atoms with Crippen molar-refractivity contribution in [1.29, 1.82) is 0 Å². The summed E-state index contributed by atoms with van der Waals surface area (Å²) in [7, 11) is 4.67. The number of benzene rings is 1. The zero-order chi connectivity index (χ0) is 17.8. The lowest BCUT2D eigenvalue weighted by atomic mass is 10.1. The highest BCUT2D eigenvalue weighted by molar-refractivity contribution is 6.17. The van der Waals surface area contributed by atoms with Gasteiger partial charge in [0.05, 0.1) is 27.9 Å². The van der Waals surface area contributed by atoms with Gasteiger partial charge >= 0.3 is 5.97 Å². The number of halogens is 1. The first-order valence-corrected chi connectivity index (χ1v) is 8.07. The normalized spacial score (nSPS) is 11.0. The Morgan fingerprint density at radius 1 is 1.04 bits per heavy atom. The lowest BCUT2D eigenvalue weighted by molar-refractivity contribution is -0.137. The minimum atomic E-state index is -0.376. The first-order chi connectivity index (χ1) is 11.7. The number of unbranched alkanes of at least 4 members (excludes halogenated alkanes) is 1. The van der Waals surface area contributed by atoms with E-state index in [-0.39, 0.29) is 5.97 Å². The Morgan fingerprint density at radius 3 is 2.25 bits per heavy atom. The van der Waals surface area contributed by atoms with E-state index in [1.165, 1.54) is 6.08 Å². The van der Waals surface area contributed by atoms with Crippen LogP contribution in [0.2, 0.25) is 0 Å². The van der Waals surface area contributed by atoms with Crippen molar-refractivity contribution in [3.05, 3.63) is 35.9 Å². The van der Waals surface area contributed by atoms with Crippen molar-refractivity contribution in [3.63, 3.8) is 0 Å². The standard InChI is InChI=1S/C18H23ClO5/c1-21-15-12-14(13-16(22-2)18(15)23-3)8-4-5-9-17(20)24-11-7-6-10-19/h4-5,8-9,12-13H,6-7,10-11H2,1-3H3. The molecule has 132 valence electrons. The Labute approximate surface area is 147 Å². The quantitative estimate of drug-likeness (QED) is 0.210. The van der Waals surface area contributed by atoms with E-state index >= 15 is 0 Å². The number of carbonyl (C=O) groups is 1. The van der Waals surface area contributed by atoms with Gasteiger partial charge in [-0.1, -0.05) is 18.2 Å². The van der Waals surface area contributed by atoms with E-state index in [0.717, 1.165) is 18.4 Å². The van der Waals surface area contributed by atoms with Gasteiger partial charge < -0.3 is 18.9 Å². The van der Waals surface area contributed by atoms with Gasteiger partial charge in [0, 0.05) is 12.0 Å². The number of rotatable bonds is 10. The zero-order valence-corrected chi connectivity index (χ0v) is 15.0. The maximum absolute atomic E-state index is 11.5. The van der Waals surface area contributed by atoms with Crippen LogP contribution in [0.4, 0.5) is 0 Å². The summed E-state index contributed by atoms with van der Waals surface area (Å²) in [6.45, 7) is 0.381. The number of alkyl halides is 1. The first-order valence-electron chi connectivity index (χ1n) is 7.53. The lowest BCUT2D eigenvalue weighted by Gasteiger charge is -2.12. The molecular formula is C18H23ClO5. The van der Waals surface area contributed by atoms with Crippen molar-refractivity contribution in [2.45, 2.75) is 12.8 Å². The van der Waals surface area contributed by atoms with Crippen LogP contribution >= 0.6 is 11.6 Å². The second-order valence-electron chi connectivity index (χ2n) is 4.74. The van der Waals surface area contributed by atoms with Gasteiger partial charge in [-0.15, -0.1) is 11.6 Å². The summed E-state index contributed by atoms with van der Waals surface area (Å²) in [6.07, 6.45) is 8.15. The second-order valence-corrected chi connectivity index (χ2v) is 5.12. The highest BCUT2D eigenvalue weighted by Gasteiger charge is 2.11. The maximum Gasteiger partial charge on any atom is 0.330 e. The van der Waals surface area contributed by atoms with Crippen molar-refractivity contribution in [2.75, 3.05) is 33.8 Å². The fourth-order valence-corrected chi connectivity index (χ4v) is 2.10. The third kappa shape index (κ3) is 6.54. The molecule has 0 aliphatic rings. The smallest absolute Gasteiger partial charge is 0.330 e. The molecule has 0 N–H and O–H groups in total. The largest absolute Gasteiger partial charge is 0.493 e. The first kappa shape index (κ1) is 19.9. The summed E-state index contributed by atoms with van der Waals surface area (Å²) < 4.78 is 20.9. The summed E-state index contributed by atoms with van der Waals surface area (Å²) in [5.41, 5.74) is 0.852. The monoisotopic (exact) mass is 354 g/mol. The Bertz CT molecular complexity index is 556. The SMILES string of the molecule is COc1cc(C=CC=CC(=O)OCCCCCl)cc(OC)c1OC. The second kappa shape index (κ2) is 11.4. The summed E-state index contributed by atoms with van der Waals surface area (Å²) in [5, 5.41) is 0. The molecule has 1 aromatic rings. The number of hydrogen-bond donors (Lipinski definition) is 0. The van der Waals surface area contributed by atoms with Crippen molar-refractivity contribution in [3.8, 4) is 17.2 Å². The molecule has 0 aromatic heterocycles. The minimum absolute atomic E-state index is 0.376. The van der Waals surface area contributed by atoms with Crippen molar-refractivity contribution < 1.29 is 23.7 Å². The molecule has 1 rings (SSSR count). The number of carbonyl (C=O) groups excluding carboxylic acids is 1. The molecule has 0 radical (unpaired) electrons. The highest BCUT2D eigenvalue weighted by atomic mass is 35.5. The average molecular weight is 355 g/mol. The number of methoxy groups -OCH3 is 3. The molecule has 24 heavy (non-hydrogen) atoms. The van der Waals surface area contributed by atoms with Crippen molar-refractivity contribution in [2.24, 2.45) is 0 Å². The maximum atomic E-state index is 11.5. The molecule has 5 nitrogen and oxygen atoms in total. The number of ether oxygens (including phenoxy) is 4. The zero-order valence-electron chi connectivity index (χ0n) is 14.2. The molecule has 0 atom stereocenters. The number of esters is 1. The molecule has 0 aliphatic carbocycles. The topological polar surface area (TPSA) is 54.0 Å². The molecular weight excluding hydrogens is 332 g/mol. The van der Waals surface area contributed by atoms with E-state index in [4.69, 9.17) is 30.5 Å². The highest BCUT2D eigenvalue weighted by Crippen LogP contribution is 2.38. The van der Waals surface area contributed by atoms with Crippen LogP contribution in [0, 0.1) is 0 Å². The lowest BCUT2D eigenvalue weighted by Crippen LogP contribution is -2.02. The van der Waals surface area contributed by atoms with Gasteiger partial charge in [-0.3, -0.25) is 0 Å². The third-order valence-corrected chi connectivity index (χ3v) is 3.36. The minimum Gasteiger partial charge on any atom is -0.493 e. The fraction of sp³-hybridized carbons (Fsp3) is 0.389. The van der Waals surface area contributed by atoms with Crippen LogP contribution in [0.1, 0.15) is 18.4 Å². The molecule has 0 aliphatic heterocycles. The average Bonchev–Trinajstić information content (AvgIpc) is 2.61. The predicted octanol–water partition coefficient (Wildman–Crippen LogP) is 3.84. The van der Waals surface area contributed by atoms with Gasteiger partial charge in [-0.2, -0.15) is 0 Å². The van der Waals surface area contributed by atoms with E-state index in [0.29, 0.717) is 29.7 Å². The van der Waals surface area contributed by atoms with E-state index < -0.39 is 0 Å². The van der Waals surface area contributed by atoms with Crippen LogP contribution in [0.25, 0.3) is 6.08 Å². The molecule has 0 fully saturated rings. The Morgan fingerprint density at radius 2 is 1.71 bits per heavy atom. The number of hydrogen-bond acceptors (Lipinski definition) is 5. The van der Waals surface area contributed by atoms with Crippen LogP contribution in [-0.4, -0.2) is 39.8 Å². The van der Waals surface area contributed by atoms with E-state index in [1.54, 1.807) is 33.5 Å². The van der Waals surface area contributed by atoms with Gasteiger partial charge in [0.25, 0.3) is 0 Å². The van der Waals surface area contributed by atoms with E-state index in [2.05, 4.69) is 0 Å². The van der Waals surface area contributed by atoms with Crippen LogP contribution < -0.4 is 14.2 Å². The summed E-state index contributed by atoms with van der Waals surface area (Å²) in [5.74, 6) is 1.87. The molecule has 0 spiro atoms. The van der Waals surface area contributed by atoms with Gasteiger partial charge in [-0.05, 0) is 30.5 Å².